The van der Waals surface area contributed by atoms with Crippen LogP contribution in [0, 0.1) is 0 Å². The molecule has 12 heavy (non-hydrogen) atoms. The maximum absolute atomic E-state index is 8.29. The highest BCUT2D eigenvalue weighted by Crippen LogP contribution is 1.95. The molecule has 0 radical (unpaired) electrons. The first-order valence-corrected chi connectivity index (χ1v) is 4.83. The summed E-state index contributed by atoms with van der Waals surface area (Å²) in [6.07, 6.45) is 1.25. The predicted molar refractivity (Wildman–Crippen MR) is 57.3 cm³/mol. The van der Waals surface area contributed by atoms with Crippen molar-refractivity contribution >= 4 is 0 Å². The van der Waals surface area contributed by atoms with E-state index in [2.05, 4.69) is 19.2 Å². The Kier molecular flexibility index (Phi) is 20.1. The lowest BCUT2D eigenvalue weighted by atomic mass is 10.1. The van der Waals surface area contributed by atoms with Gasteiger partial charge in [0.05, 0.1) is 6.73 Å². The number of aliphatic hydroxyl groups is 1. The molecule has 0 fully saturated rings. The van der Waals surface area contributed by atoms with Crippen LogP contribution in [0.3, 0.4) is 0 Å². The van der Waals surface area contributed by atoms with Crippen molar-refractivity contribution in [1.82, 2.24) is 5.32 Å². The van der Waals surface area contributed by atoms with Crippen LogP contribution in [0.5, 0.6) is 0 Å². The first kappa shape index (κ1) is 17.9. The molecule has 2 nitrogen and oxygen atoms in total. The van der Waals surface area contributed by atoms with E-state index in [1.165, 1.54) is 6.42 Å². The van der Waals surface area contributed by atoms with E-state index in [1.54, 1.807) is 0 Å². The van der Waals surface area contributed by atoms with Gasteiger partial charge in [-0.3, -0.25) is 5.32 Å². The van der Waals surface area contributed by atoms with E-state index in [0.29, 0.717) is 0 Å². The van der Waals surface area contributed by atoms with E-state index < -0.39 is 0 Å². The van der Waals surface area contributed by atoms with Crippen molar-refractivity contribution in [2.75, 3.05) is 6.73 Å². The summed E-state index contributed by atoms with van der Waals surface area (Å²) >= 11 is 0. The normalized spacial score (nSPS) is 9.00. The SMILES string of the molecule is CC.CC(C)(C)NCO.CCC. The molecule has 78 valence electrons. The molecule has 0 aliphatic rings. The third-order valence-electron chi connectivity index (χ3n) is 0.609. The lowest BCUT2D eigenvalue weighted by Gasteiger charge is -2.17. The smallest absolute Gasteiger partial charge is 0.0935 e. The zero-order valence-electron chi connectivity index (χ0n) is 9.86. The molecule has 0 aliphatic carbocycles. The fourth-order valence-electron chi connectivity index (χ4n) is 0.237. The highest BCUT2D eigenvalue weighted by atomic mass is 16.3. The van der Waals surface area contributed by atoms with Crippen LogP contribution in [0.1, 0.15) is 54.9 Å². The van der Waals surface area contributed by atoms with Crippen molar-refractivity contribution in [3.8, 4) is 0 Å². The predicted octanol–water partition coefficient (Wildman–Crippen LogP) is 2.77. The molecule has 2 heteroatoms. The molecule has 0 unspecified atom stereocenters. The summed E-state index contributed by atoms with van der Waals surface area (Å²) in [6, 6.07) is 0. The van der Waals surface area contributed by atoms with E-state index in [1.807, 2.05) is 34.6 Å². The van der Waals surface area contributed by atoms with E-state index in [0.717, 1.165) is 0 Å². The van der Waals surface area contributed by atoms with E-state index >= 15 is 0 Å². The van der Waals surface area contributed by atoms with Crippen LogP contribution in [0.4, 0.5) is 0 Å². The Bertz CT molecular complexity index is 57.3. The van der Waals surface area contributed by atoms with Gasteiger partial charge >= 0.3 is 0 Å². The molecule has 0 atom stereocenters. The Hall–Kier alpha value is -0.0800. The monoisotopic (exact) mass is 177 g/mol. The second-order valence-electron chi connectivity index (χ2n) is 3.29. The van der Waals surface area contributed by atoms with E-state index in [-0.39, 0.29) is 12.3 Å². The van der Waals surface area contributed by atoms with Crippen LogP contribution >= 0.6 is 0 Å². The van der Waals surface area contributed by atoms with E-state index in [9.17, 15) is 0 Å². The van der Waals surface area contributed by atoms with Crippen LogP contribution in [-0.4, -0.2) is 17.4 Å². The topological polar surface area (TPSA) is 32.3 Å². The zero-order valence-corrected chi connectivity index (χ0v) is 9.86. The van der Waals surface area contributed by atoms with Gasteiger partial charge in [0.25, 0.3) is 0 Å². The fourth-order valence-corrected chi connectivity index (χ4v) is 0.237. The van der Waals surface area contributed by atoms with Crippen molar-refractivity contribution in [2.24, 2.45) is 0 Å². The Morgan fingerprint density at radius 1 is 1.08 bits per heavy atom. The first-order valence-electron chi connectivity index (χ1n) is 4.83. The standard InChI is InChI=1S/C5H13NO.C3H8.C2H6/c1-5(2,3)6-4-7;1-3-2;1-2/h6-7H,4H2,1-3H3;3H2,1-2H3;1-2H3. The minimum Gasteiger partial charge on any atom is -0.381 e. The quantitative estimate of drug-likeness (QED) is 0.604. The third kappa shape index (κ3) is 51.4. The van der Waals surface area contributed by atoms with E-state index in [4.69, 9.17) is 5.11 Å². The Morgan fingerprint density at radius 2 is 1.33 bits per heavy atom. The summed E-state index contributed by atoms with van der Waals surface area (Å²) in [6.45, 7) is 14.3. The molecule has 0 bridgehead atoms. The highest BCUT2D eigenvalue weighted by Gasteiger charge is 2.04. The van der Waals surface area contributed by atoms with Crippen molar-refractivity contribution in [3.05, 3.63) is 0 Å². The zero-order chi connectivity index (χ0) is 10.6. The van der Waals surface area contributed by atoms with Gasteiger partial charge in [-0.05, 0) is 20.8 Å². The number of hydrogen-bond acceptors (Lipinski definition) is 2. The van der Waals surface area contributed by atoms with Gasteiger partial charge in [0, 0.05) is 5.54 Å². The number of hydrogen-bond donors (Lipinski definition) is 2. The summed E-state index contributed by atoms with van der Waals surface area (Å²) in [5.74, 6) is 0. The minimum atomic E-state index is 0.0503. The van der Waals surface area contributed by atoms with Crippen LogP contribution in [0.15, 0.2) is 0 Å². The Balaban J connectivity index is -0.000000137. The van der Waals surface area contributed by atoms with Crippen LogP contribution in [0.2, 0.25) is 0 Å². The summed E-state index contributed by atoms with van der Waals surface area (Å²) in [4.78, 5) is 0. The molecule has 0 aromatic carbocycles. The molecule has 0 aromatic rings. The Morgan fingerprint density at radius 3 is 1.33 bits per heavy atom. The summed E-state index contributed by atoms with van der Waals surface area (Å²) in [7, 11) is 0. The van der Waals surface area contributed by atoms with Gasteiger partial charge in [-0.25, -0.2) is 0 Å². The van der Waals surface area contributed by atoms with Crippen LogP contribution < -0.4 is 5.32 Å². The molecule has 2 N–H and O–H groups in total. The van der Waals surface area contributed by atoms with Gasteiger partial charge in [-0.2, -0.15) is 0 Å². The number of nitrogens with one attached hydrogen (secondary N) is 1. The third-order valence-corrected chi connectivity index (χ3v) is 0.609. The highest BCUT2D eigenvalue weighted by molar-refractivity contribution is 4.66. The van der Waals surface area contributed by atoms with Gasteiger partial charge in [0.2, 0.25) is 0 Å². The second-order valence-corrected chi connectivity index (χ2v) is 3.29. The average Bonchev–Trinajstić information content (AvgIpc) is 1.91. The van der Waals surface area contributed by atoms with Gasteiger partial charge in [-0.15, -0.1) is 0 Å². The molecule has 0 rings (SSSR count). The van der Waals surface area contributed by atoms with Gasteiger partial charge < -0.3 is 5.11 Å². The van der Waals surface area contributed by atoms with Crippen LogP contribution in [0.25, 0.3) is 0 Å². The maximum atomic E-state index is 8.29. The average molecular weight is 177 g/mol. The lowest BCUT2D eigenvalue weighted by Crippen LogP contribution is -2.36. The molecule has 0 saturated heterocycles. The molecular formula is C10H27NO. The summed E-state index contributed by atoms with van der Waals surface area (Å²) in [5, 5.41) is 11.1. The largest absolute Gasteiger partial charge is 0.381 e. The summed E-state index contributed by atoms with van der Waals surface area (Å²) in [5.41, 5.74) is 0.0503. The van der Waals surface area contributed by atoms with Crippen molar-refractivity contribution in [2.45, 2.75) is 60.4 Å². The van der Waals surface area contributed by atoms with Crippen LogP contribution in [-0.2, 0) is 0 Å². The summed E-state index contributed by atoms with van der Waals surface area (Å²) < 4.78 is 0. The number of rotatable bonds is 1. The number of aliphatic hydroxyl groups excluding tert-OH is 1. The molecule has 0 aromatic heterocycles. The van der Waals surface area contributed by atoms with Gasteiger partial charge in [0.15, 0.2) is 0 Å². The first-order chi connectivity index (χ1) is 5.47. The lowest BCUT2D eigenvalue weighted by molar-refractivity contribution is 0.218. The molecule has 0 heterocycles. The molecule has 0 spiro atoms. The molecule has 0 saturated carbocycles. The minimum absolute atomic E-state index is 0.0503. The van der Waals surface area contributed by atoms with Gasteiger partial charge in [-0.1, -0.05) is 34.1 Å². The van der Waals surface area contributed by atoms with Crippen molar-refractivity contribution in [1.29, 1.82) is 0 Å². The van der Waals surface area contributed by atoms with Crippen molar-refractivity contribution < 1.29 is 5.11 Å². The van der Waals surface area contributed by atoms with Gasteiger partial charge in [0.1, 0.15) is 0 Å². The Labute approximate surface area is 78.4 Å². The maximum Gasteiger partial charge on any atom is 0.0935 e. The molecule has 0 aliphatic heterocycles. The van der Waals surface area contributed by atoms with Crippen molar-refractivity contribution in [3.63, 3.8) is 0 Å². The fraction of sp³-hybridized carbons (Fsp3) is 1.00. The second kappa shape index (κ2) is 13.5. The molecular weight excluding hydrogens is 150 g/mol. The molecule has 0 amide bonds.